The number of amides is 3. The highest BCUT2D eigenvalue weighted by Gasteiger charge is 2.29. The maximum absolute atomic E-state index is 13.3. The maximum Gasteiger partial charge on any atom is 0.225 e. The zero-order valence-corrected chi connectivity index (χ0v) is 18.1. The van der Waals surface area contributed by atoms with Gasteiger partial charge in [0.2, 0.25) is 17.7 Å². The average Bonchev–Trinajstić information content (AvgIpc) is 2.69. The third kappa shape index (κ3) is 7.07. The Labute approximate surface area is 176 Å². The van der Waals surface area contributed by atoms with Gasteiger partial charge in [-0.3, -0.25) is 14.4 Å². The van der Waals surface area contributed by atoms with E-state index in [1.165, 1.54) is 0 Å². The number of likely N-dealkylation sites (N-methyl/N-ethyl adjacent to an activating group) is 1. The topological polar surface area (TPSA) is 78.5 Å². The largest absolute Gasteiger partial charge is 0.352 e. The summed E-state index contributed by atoms with van der Waals surface area (Å²) in [5.41, 5.74) is -0.211. The predicted molar refractivity (Wildman–Crippen MR) is 109 cm³/mol. The fraction of sp³-hybridized carbons (Fsp3) is 0.591. The molecule has 2 rings (SSSR count). The van der Waals surface area contributed by atoms with Gasteiger partial charge in [-0.1, -0.05) is 27.2 Å². The number of nitrogens with zero attached hydrogens (tertiary/aromatic N) is 1. The van der Waals surface area contributed by atoms with Crippen molar-refractivity contribution in [2.75, 3.05) is 13.6 Å². The molecule has 0 saturated carbocycles. The minimum Gasteiger partial charge on any atom is -0.352 e. The van der Waals surface area contributed by atoms with Gasteiger partial charge in [-0.05, 0) is 30.5 Å². The second kappa shape index (κ2) is 10.00. The maximum atomic E-state index is 13.3. The number of halogens is 2. The second-order valence-electron chi connectivity index (χ2n) is 9.02. The van der Waals surface area contributed by atoms with E-state index in [2.05, 4.69) is 10.6 Å². The highest BCUT2D eigenvalue weighted by Crippen LogP contribution is 2.20. The van der Waals surface area contributed by atoms with Crippen LogP contribution in [0.4, 0.5) is 8.78 Å². The molecule has 1 fully saturated rings. The Kier molecular flexibility index (Phi) is 7.92. The van der Waals surface area contributed by atoms with E-state index in [0.717, 1.165) is 18.2 Å². The first-order valence-corrected chi connectivity index (χ1v) is 10.2. The van der Waals surface area contributed by atoms with Crippen LogP contribution in [0.25, 0.3) is 0 Å². The van der Waals surface area contributed by atoms with Crippen molar-refractivity contribution in [3.63, 3.8) is 0 Å². The first-order valence-electron chi connectivity index (χ1n) is 10.2. The van der Waals surface area contributed by atoms with Gasteiger partial charge in [0.05, 0.1) is 0 Å². The first kappa shape index (κ1) is 23.8. The number of hydrogen-bond acceptors (Lipinski definition) is 3. The fourth-order valence-corrected chi connectivity index (χ4v) is 3.39. The van der Waals surface area contributed by atoms with Crippen LogP contribution < -0.4 is 10.6 Å². The molecule has 0 aliphatic carbocycles. The molecule has 30 heavy (non-hydrogen) atoms. The van der Waals surface area contributed by atoms with Gasteiger partial charge in [-0.15, -0.1) is 0 Å². The summed E-state index contributed by atoms with van der Waals surface area (Å²) in [7, 11) is 1.66. The van der Waals surface area contributed by atoms with Crippen molar-refractivity contribution in [3.05, 3.63) is 35.4 Å². The van der Waals surface area contributed by atoms with Crippen LogP contribution in [-0.4, -0.2) is 42.3 Å². The van der Waals surface area contributed by atoms with Crippen LogP contribution in [0.2, 0.25) is 0 Å². The molecule has 0 bridgehead atoms. The number of rotatable bonds is 4. The van der Waals surface area contributed by atoms with Crippen LogP contribution >= 0.6 is 0 Å². The van der Waals surface area contributed by atoms with Crippen molar-refractivity contribution < 1.29 is 23.2 Å². The SMILES string of the molecule is CN1C[C@H](NC(=O)C(C)(C)C)CCC[C@@H](C(=O)NCc2cc(F)cc(F)c2)CC1=O. The number of nitrogens with one attached hydrogen (secondary N) is 2. The monoisotopic (exact) mass is 423 g/mol. The molecule has 1 saturated heterocycles. The lowest BCUT2D eigenvalue weighted by Gasteiger charge is -2.27. The van der Waals surface area contributed by atoms with Crippen LogP contribution in [0.1, 0.15) is 52.0 Å². The van der Waals surface area contributed by atoms with E-state index in [4.69, 9.17) is 0 Å². The van der Waals surface area contributed by atoms with Gasteiger partial charge < -0.3 is 15.5 Å². The molecule has 3 amide bonds. The van der Waals surface area contributed by atoms with Crippen LogP contribution in [-0.2, 0) is 20.9 Å². The van der Waals surface area contributed by atoms with Crippen molar-refractivity contribution in [1.82, 2.24) is 15.5 Å². The molecule has 6 nitrogen and oxygen atoms in total. The molecule has 1 aliphatic rings. The Morgan fingerprint density at radius 2 is 1.77 bits per heavy atom. The van der Waals surface area contributed by atoms with E-state index in [1.807, 2.05) is 20.8 Å². The Morgan fingerprint density at radius 3 is 2.37 bits per heavy atom. The Morgan fingerprint density at radius 1 is 1.13 bits per heavy atom. The molecule has 1 aromatic carbocycles. The van der Waals surface area contributed by atoms with E-state index >= 15 is 0 Å². The molecule has 1 heterocycles. The Hall–Kier alpha value is -2.51. The molecule has 0 aromatic heterocycles. The first-order chi connectivity index (χ1) is 14.0. The molecule has 0 spiro atoms. The lowest BCUT2D eigenvalue weighted by molar-refractivity contribution is -0.136. The number of carbonyl (C=O) groups is 3. The molecule has 2 N–H and O–H groups in total. The van der Waals surface area contributed by atoms with E-state index in [-0.39, 0.29) is 36.7 Å². The van der Waals surface area contributed by atoms with E-state index < -0.39 is 23.0 Å². The minimum atomic E-state index is -0.707. The highest BCUT2D eigenvalue weighted by atomic mass is 19.1. The van der Waals surface area contributed by atoms with Gasteiger partial charge in [0.1, 0.15) is 11.6 Å². The summed E-state index contributed by atoms with van der Waals surface area (Å²) in [4.78, 5) is 39.0. The number of benzene rings is 1. The number of hydrogen-bond donors (Lipinski definition) is 2. The quantitative estimate of drug-likeness (QED) is 0.782. The molecule has 8 heteroatoms. The van der Waals surface area contributed by atoms with E-state index in [1.54, 1.807) is 11.9 Å². The molecule has 1 aromatic rings. The van der Waals surface area contributed by atoms with Crippen LogP contribution in [0.5, 0.6) is 0 Å². The van der Waals surface area contributed by atoms with Gasteiger partial charge >= 0.3 is 0 Å². The molecule has 0 radical (unpaired) electrons. The van der Waals surface area contributed by atoms with Crippen molar-refractivity contribution in [2.45, 2.75) is 59.0 Å². The molecule has 2 atom stereocenters. The van der Waals surface area contributed by atoms with Crippen LogP contribution in [0, 0.1) is 23.0 Å². The third-order valence-corrected chi connectivity index (χ3v) is 5.22. The summed E-state index contributed by atoms with van der Waals surface area (Å²) in [6.07, 6.45) is 1.87. The van der Waals surface area contributed by atoms with Crippen molar-refractivity contribution in [1.29, 1.82) is 0 Å². The van der Waals surface area contributed by atoms with Gasteiger partial charge in [0.15, 0.2) is 0 Å². The predicted octanol–water partition coefficient (Wildman–Crippen LogP) is 2.76. The summed E-state index contributed by atoms with van der Waals surface area (Å²) in [5, 5.41) is 5.68. The van der Waals surface area contributed by atoms with Crippen molar-refractivity contribution in [3.8, 4) is 0 Å². The van der Waals surface area contributed by atoms with Crippen LogP contribution in [0.15, 0.2) is 18.2 Å². The second-order valence-corrected chi connectivity index (χ2v) is 9.02. The zero-order chi connectivity index (χ0) is 22.5. The molecule has 1 aliphatic heterocycles. The average molecular weight is 424 g/mol. The molecule has 166 valence electrons. The fourth-order valence-electron chi connectivity index (χ4n) is 3.39. The van der Waals surface area contributed by atoms with Gasteiger partial charge in [0.25, 0.3) is 0 Å². The van der Waals surface area contributed by atoms with Crippen molar-refractivity contribution in [2.24, 2.45) is 11.3 Å². The lowest BCUT2D eigenvalue weighted by Crippen LogP contribution is -2.47. The normalized spacial score (nSPS) is 20.7. The zero-order valence-electron chi connectivity index (χ0n) is 18.1. The standard InChI is InChI=1S/C22H31F2N3O3/c1-22(2,3)21(30)26-18-7-5-6-15(10-19(28)27(4)13-18)20(29)25-12-14-8-16(23)11-17(24)9-14/h8-9,11,15,18H,5-7,10,12-13H2,1-4H3,(H,25,29)(H,26,30)/t15-,18-/m1/s1. The van der Waals surface area contributed by atoms with Gasteiger partial charge in [-0.2, -0.15) is 0 Å². The van der Waals surface area contributed by atoms with Crippen LogP contribution in [0.3, 0.4) is 0 Å². The Balaban J connectivity index is 1.99. The molecule has 0 unspecified atom stereocenters. The van der Waals surface area contributed by atoms with E-state index in [9.17, 15) is 23.2 Å². The summed E-state index contributed by atoms with van der Waals surface area (Å²) in [6, 6.07) is 2.91. The summed E-state index contributed by atoms with van der Waals surface area (Å²) in [6.45, 7) is 5.86. The van der Waals surface area contributed by atoms with Gasteiger partial charge in [-0.25, -0.2) is 8.78 Å². The van der Waals surface area contributed by atoms with Crippen molar-refractivity contribution >= 4 is 17.7 Å². The highest BCUT2D eigenvalue weighted by molar-refractivity contribution is 5.86. The smallest absolute Gasteiger partial charge is 0.225 e. The third-order valence-electron chi connectivity index (χ3n) is 5.22. The summed E-state index contributed by atoms with van der Waals surface area (Å²) in [5.74, 6) is -2.52. The molecular formula is C22H31F2N3O3. The van der Waals surface area contributed by atoms with Gasteiger partial charge in [0, 0.05) is 50.0 Å². The lowest BCUT2D eigenvalue weighted by atomic mass is 9.94. The Bertz CT molecular complexity index is 772. The summed E-state index contributed by atoms with van der Waals surface area (Å²) < 4.78 is 26.6. The van der Waals surface area contributed by atoms with E-state index in [0.29, 0.717) is 31.4 Å². The molecular weight excluding hydrogens is 392 g/mol. The minimum absolute atomic E-state index is 0.0156. The number of carbonyl (C=O) groups excluding carboxylic acids is 3. The summed E-state index contributed by atoms with van der Waals surface area (Å²) >= 11 is 0.